The van der Waals surface area contributed by atoms with Crippen LogP contribution in [0.25, 0.3) is 5.65 Å². The van der Waals surface area contributed by atoms with E-state index in [4.69, 9.17) is 0 Å². The van der Waals surface area contributed by atoms with Gasteiger partial charge in [-0.15, -0.1) is 0 Å². The van der Waals surface area contributed by atoms with Crippen molar-refractivity contribution in [3.8, 4) is 0 Å². The molecule has 0 aliphatic carbocycles. The van der Waals surface area contributed by atoms with Gasteiger partial charge in [-0.1, -0.05) is 6.07 Å². The molecular formula is C17H23N5O. The highest BCUT2D eigenvalue weighted by Crippen LogP contribution is 2.13. The number of aromatic nitrogens is 2. The Balaban J connectivity index is 1.42. The summed E-state index contributed by atoms with van der Waals surface area (Å²) in [6, 6.07) is 8.03. The zero-order valence-electron chi connectivity index (χ0n) is 13.3. The Hall–Kier alpha value is -1.76. The van der Waals surface area contributed by atoms with Crippen molar-refractivity contribution in [3.63, 3.8) is 0 Å². The Morgan fingerprint density at radius 3 is 2.87 bits per heavy atom. The van der Waals surface area contributed by atoms with Crippen LogP contribution in [0.15, 0.2) is 35.3 Å². The van der Waals surface area contributed by atoms with Crippen LogP contribution in [0.5, 0.6) is 0 Å². The first-order valence-corrected chi connectivity index (χ1v) is 8.44. The first-order valence-electron chi connectivity index (χ1n) is 8.44. The third kappa shape index (κ3) is 3.15. The van der Waals surface area contributed by atoms with Gasteiger partial charge in [-0.25, -0.2) is 4.98 Å². The number of hydrogen-bond acceptors (Lipinski definition) is 5. The van der Waals surface area contributed by atoms with Crippen LogP contribution >= 0.6 is 0 Å². The molecule has 0 radical (unpaired) electrons. The molecular weight excluding hydrogens is 290 g/mol. The van der Waals surface area contributed by atoms with E-state index in [1.54, 1.807) is 16.7 Å². The van der Waals surface area contributed by atoms with Crippen molar-refractivity contribution in [2.75, 3.05) is 39.3 Å². The molecule has 23 heavy (non-hydrogen) atoms. The molecule has 0 bridgehead atoms. The van der Waals surface area contributed by atoms with Crippen LogP contribution in [0, 0.1) is 0 Å². The third-order valence-corrected chi connectivity index (χ3v) is 4.97. The molecule has 2 fully saturated rings. The minimum Gasteiger partial charge on any atom is -0.315 e. The monoisotopic (exact) mass is 313 g/mol. The van der Waals surface area contributed by atoms with E-state index in [0.717, 1.165) is 57.2 Å². The minimum atomic E-state index is 0.00117. The quantitative estimate of drug-likeness (QED) is 0.876. The first kappa shape index (κ1) is 14.8. The van der Waals surface area contributed by atoms with Gasteiger partial charge >= 0.3 is 0 Å². The van der Waals surface area contributed by atoms with E-state index in [1.807, 2.05) is 18.2 Å². The summed E-state index contributed by atoms with van der Waals surface area (Å²) in [4.78, 5) is 21.8. The standard InChI is InChI=1S/C17H23N5O/c23-17-11-14(19-16-3-1-2-6-22(16)17)13-20-7-9-21(10-8-20)15-4-5-18-12-15/h1-3,6,11,15,18H,4-5,7-10,12-13H2. The summed E-state index contributed by atoms with van der Waals surface area (Å²) in [5.74, 6) is 0. The van der Waals surface area contributed by atoms with E-state index < -0.39 is 0 Å². The molecule has 2 aliphatic rings. The van der Waals surface area contributed by atoms with Gasteiger partial charge in [-0.05, 0) is 25.1 Å². The fourth-order valence-electron chi connectivity index (χ4n) is 3.65. The maximum Gasteiger partial charge on any atom is 0.258 e. The minimum absolute atomic E-state index is 0.00117. The number of nitrogens with one attached hydrogen (secondary N) is 1. The smallest absolute Gasteiger partial charge is 0.258 e. The van der Waals surface area contributed by atoms with Crippen LogP contribution in [0.2, 0.25) is 0 Å². The van der Waals surface area contributed by atoms with Crippen molar-refractivity contribution < 1.29 is 0 Å². The molecule has 4 heterocycles. The molecule has 1 unspecified atom stereocenters. The van der Waals surface area contributed by atoms with Crippen LogP contribution in [0.3, 0.4) is 0 Å². The van der Waals surface area contributed by atoms with Crippen LogP contribution in [0.1, 0.15) is 12.1 Å². The summed E-state index contributed by atoms with van der Waals surface area (Å²) < 4.78 is 1.59. The number of fused-ring (bicyclic) bond motifs is 1. The topological polar surface area (TPSA) is 52.9 Å². The average molecular weight is 313 g/mol. The van der Waals surface area contributed by atoms with Gasteiger partial charge in [-0.2, -0.15) is 0 Å². The Morgan fingerprint density at radius 1 is 1.22 bits per heavy atom. The van der Waals surface area contributed by atoms with Crippen LogP contribution < -0.4 is 10.9 Å². The number of pyridine rings is 1. The van der Waals surface area contributed by atoms with Gasteiger partial charge in [0, 0.05) is 57.6 Å². The Labute approximate surface area is 135 Å². The Morgan fingerprint density at radius 2 is 2.09 bits per heavy atom. The molecule has 1 N–H and O–H groups in total. The molecule has 0 saturated carbocycles. The van der Waals surface area contributed by atoms with Crippen molar-refractivity contribution >= 4 is 5.65 Å². The number of hydrogen-bond donors (Lipinski definition) is 1. The summed E-state index contributed by atoms with van der Waals surface area (Å²) >= 11 is 0. The van der Waals surface area contributed by atoms with E-state index in [9.17, 15) is 4.79 Å². The van der Waals surface area contributed by atoms with Gasteiger partial charge in [-0.3, -0.25) is 19.0 Å². The van der Waals surface area contributed by atoms with Gasteiger partial charge in [0.2, 0.25) is 0 Å². The lowest BCUT2D eigenvalue weighted by atomic mass is 10.2. The number of piperazine rings is 1. The zero-order valence-corrected chi connectivity index (χ0v) is 13.3. The summed E-state index contributed by atoms with van der Waals surface area (Å²) in [5, 5.41) is 3.44. The van der Waals surface area contributed by atoms with Crippen LogP contribution in [0.4, 0.5) is 0 Å². The largest absolute Gasteiger partial charge is 0.315 e. The lowest BCUT2D eigenvalue weighted by Gasteiger charge is -2.37. The van der Waals surface area contributed by atoms with E-state index in [2.05, 4.69) is 20.1 Å². The molecule has 0 amide bonds. The summed E-state index contributed by atoms with van der Waals surface area (Å²) in [6.45, 7) is 7.35. The summed E-state index contributed by atoms with van der Waals surface area (Å²) in [7, 11) is 0. The van der Waals surface area contributed by atoms with Crippen molar-refractivity contribution in [1.82, 2.24) is 24.5 Å². The molecule has 2 saturated heterocycles. The predicted molar refractivity (Wildman–Crippen MR) is 89.6 cm³/mol. The van der Waals surface area contributed by atoms with Crippen molar-refractivity contribution in [2.45, 2.75) is 19.0 Å². The second-order valence-electron chi connectivity index (χ2n) is 6.47. The molecule has 122 valence electrons. The van der Waals surface area contributed by atoms with Crippen LogP contribution in [-0.2, 0) is 6.54 Å². The summed E-state index contributed by atoms with van der Waals surface area (Å²) in [6.07, 6.45) is 3.03. The highest BCUT2D eigenvalue weighted by atomic mass is 16.1. The average Bonchev–Trinajstić information content (AvgIpc) is 3.10. The Bertz CT molecular complexity index is 729. The van der Waals surface area contributed by atoms with Gasteiger partial charge in [0.15, 0.2) is 0 Å². The molecule has 2 aliphatic heterocycles. The van der Waals surface area contributed by atoms with Gasteiger partial charge in [0.25, 0.3) is 5.56 Å². The fourth-order valence-corrected chi connectivity index (χ4v) is 3.65. The third-order valence-electron chi connectivity index (χ3n) is 4.97. The maximum absolute atomic E-state index is 12.2. The van der Waals surface area contributed by atoms with Crippen molar-refractivity contribution in [3.05, 3.63) is 46.5 Å². The molecule has 4 rings (SSSR count). The molecule has 2 aromatic heterocycles. The van der Waals surface area contributed by atoms with Crippen molar-refractivity contribution in [2.24, 2.45) is 0 Å². The molecule has 1 atom stereocenters. The highest BCUT2D eigenvalue weighted by Gasteiger charge is 2.26. The van der Waals surface area contributed by atoms with Gasteiger partial charge in [0.1, 0.15) is 5.65 Å². The van der Waals surface area contributed by atoms with E-state index >= 15 is 0 Å². The molecule has 6 heteroatoms. The zero-order chi connectivity index (χ0) is 15.6. The molecule has 0 spiro atoms. The van der Waals surface area contributed by atoms with E-state index in [1.165, 1.54) is 6.42 Å². The van der Waals surface area contributed by atoms with E-state index in [-0.39, 0.29) is 5.56 Å². The molecule has 0 aromatic carbocycles. The first-order chi connectivity index (χ1) is 11.3. The maximum atomic E-state index is 12.2. The predicted octanol–water partition coefficient (Wildman–Crippen LogP) is 0.174. The number of rotatable bonds is 3. The fraction of sp³-hybridized carbons (Fsp3) is 0.529. The highest BCUT2D eigenvalue weighted by molar-refractivity contribution is 5.37. The Kier molecular flexibility index (Phi) is 4.11. The lowest BCUT2D eigenvalue weighted by molar-refractivity contribution is 0.0973. The SMILES string of the molecule is O=c1cc(CN2CCN(C3CCNC3)CC2)nc2ccccn12. The molecule has 2 aromatic rings. The van der Waals surface area contributed by atoms with E-state index in [0.29, 0.717) is 6.04 Å². The number of nitrogens with zero attached hydrogens (tertiary/aromatic N) is 4. The lowest BCUT2D eigenvalue weighted by Crippen LogP contribution is -2.50. The second kappa shape index (κ2) is 6.39. The molecule has 6 nitrogen and oxygen atoms in total. The van der Waals surface area contributed by atoms with Crippen LogP contribution in [-0.4, -0.2) is 64.5 Å². The summed E-state index contributed by atoms with van der Waals surface area (Å²) in [5.41, 5.74) is 1.60. The normalized spacial score (nSPS) is 23.6. The van der Waals surface area contributed by atoms with Gasteiger partial charge < -0.3 is 5.32 Å². The second-order valence-corrected chi connectivity index (χ2v) is 6.47. The van der Waals surface area contributed by atoms with Crippen molar-refractivity contribution in [1.29, 1.82) is 0 Å². The van der Waals surface area contributed by atoms with Gasteiger partial charge in [0.05, 0.1) is 5.69 Å².